The summed E-state index contributed by atoms with van der Waals surface area (Å²) in [5, 5.41) is 45.3. The van der Waals surface area contributed by atoms with E-state index in [4.69, 9.17) is 55.8 Å². The van der Waals surface area contributed by atoms with Crippen LogP contribution in [0.3, 0.4) is 0 Å². The molecule has 2 aliphatic rings. The third-order valence-electron chi connectivity index (χ3n) is 9.52. The van der Waals surface area contributed by atoms with Gasteiger partial charge in [0, 0.05) is 23.3 Å². The van der Waals surface area contributed by atoms with E-state index in [9.17, 15) is 30.0 Å². The number of hydrogen-bond acceptors (Lipinski definition) is 16. The Balaban J connectivity index is 0.000000870. The molecule has 3 aromatic carbocycles. The molecule has 0 amide bonds. The van der Waals surface area contributed by atoms with Gasteiger partial charge in [0.2, 0.25) is 6.29 Å². The predicted octanol–water partition coefficient (Wildman–Crippen LogP) is 1.07. The smallest absolute Gasteiger partial charge is 0.394 e. The number of phenols is 1. The Kier molecular flexibility index (Phi) is 9.77. The maximum atomic E-state index is 13.4. The average molecular weight is 752 g/mol. The third-order valence-corrected chi connectivity index (χ3v) is 9.52. The average Bonchev–Trinajstić information content (AvgIpc) is 3.05. The molecule has 0 aliphatic carbocycles. The molecular formula is C33H37NO17S. The number of phenolic OH excluding ortho intramolecular Hbond substituents is 1. The summed E-state index contributed by atoms with van der Waals surface area (Å²) in [7, 11) is -3.28. The van der Waals surface area contributed by atoms with E-state index in [1.54, 1.807) is 32.0 Å². The van der Waals surface area contributed by atoms with Gasteiger partial charge >= 0.3 is 21.7 Å². The van der Waals surface area contributed by atoms with E-state index in [1.807, 2.05) is 0 Å². The van der Waals surface area contributed by atoms with Crippen LogP contribution in [0.15, 0.2) is 48.8 Å². The topological polar surface area (TPSA) is 288 Å². The molecule has 2 aromatic heterocycles. The SMILES string of the molecule is CO[C@@H]1[C@@H](N)[C@@H](O[C@H]2[C@H](Oc3cccc4c(O)c5c(=O)oc6ccc(C)c7c(=O)oc(c34)c5c67)O[C@H](C)[C@H](O)[C@]2(C)O)O[C@H](C)[C@@H]1O.O=S(=O)(O)O. The minimum atomic E-state index is -4.67. The van der Waals surface area contributed by atoms with Crippen LogP contribution in [-0.4, -0.2) is 106 Å². The van der Waals surface area contributed by atoms with Gasteiger partial charge in [0.05, 0.1) is 29.0 Å². The number of fused-ring (bicyclic) bond motifs is 2. The number of nitrogens with two attached hydrogens (primary N) is 1. The quantitative estimate of drug-likeness (QED) is 0.0572. The number of aliphatic hydroxyl groups excluding tert-OH is 2. The fourth-order valence-electron chi connectivity index (χ4n) is 6.96. The lowest BCUT2D eigenvalue weighted by Crippen LogP contribution is -2.69. The zero-order chi connectivity index (χ0) is 38.2. The number of ether oxygens (including phenoxy) is 5. The third kappa shape index (κ3) is 6.37. The molecule has 4 heterocycles. The van der Waals surface area contributed by atoms with Crippen LogP contribution in [0.2, 0.25) is 0 Å². The van der Waals surface area contributed by atoms with Crippen molar-refractivity contribution in [2.45, 2.75) is 88.5 Å². The number of methoxy groups -OCH3 is 1. The highest BCUT2D eigenvalue weighted by atomic mass is 32.3. The van der Waals surface area contributed by atoms with Gasteiger partial charge < -0.3 is 58.7 Å². The van der Waals surface area contributed by atoms with Crippen molar-refractivity contribution in [1.29, 1.82) is 0 Å². The minimum Gasteiger partial charge on any atom is -0.506 e. The van der Waals surface area contributed by atoms with E-state index in [0.717, 1.165) is 0 Å². The van der Waals surface area contributed by atoms with Gasteiger partial charge in [0.1, 0.15) is 46.4 Å². The maximum Gasteiger partial charge on any atom is 0.394 e. The molecule has 282 valence electrons. The van der Waals surface area contributed by atoms with Crippen LogP contribution >= 0.6 is 0 Å². The minimum absolute atomic E-state index is 0.0328. The molecule has 10 atom stereocenters. The first-order valence-electron chi connectivity index (χ1n) is 15.9. The lowest BCUT2D eigenvalue weighted by molar-refractivity contribution is -0.356. The largest absolute Gasteiger partial charge is 0.506 e. The molecule has 7 rings (SSSR count). The van der Waals surface area contributed by atoms with Crippen molar-refractivity contribution in [1.82, 2.24) is 0 Å². The van der Waals surface area contributed by atoms with E-state index >= 15 is 0 Å². The molecule has 0 bridgehead atoms. The number of hydrogen-bond donors (Lipinski definition) is 7. The molecule has 2 saturated heterocycles. The predicted molar refractivity (Wildman–Crippen MR) is 181 cm³/mol. The van der Waals surface area contributed by atoms with Gasteiger partial charge in [0.25, 0.3) is 0 Å². The molecule has 8 N–H and O–H groups in total. The number of aromatic hydroxyl groups is 1. The van der Waals surface area contributed by atoms with Crippen molar-refractivity contribution in [2.24, 2.45) is 5.73 Å². The molecule has 5 aromatic rings. The van der Waals surface area contributed by atoms with Gasteiger partial charge in [-0.1, -0.05) is 18.2 Å². The molecule has 0 spiro atoms. The summed E-state index contributed by atoms with van der Waals surface area (Å²) in [5.74, 6) is -0.386. The van der Waals surface area contributed by atoms with Crippen molar-refractivity contribution in [3.05, 3.63) is 56.7 Å². The lowest BCUT2D eigenvalue weighted by Gasteiger charge is -2.50. The van der Waals surface area contributed by atoms with E-state index in [2.05, 4.69) is 0 Å². The van der Waals surface area contributed by atoms with Gasteiger partial charge in [-0.3, -0.25) is 9.11 Å². The molecule has 19 heteroatoms. The lowest BCUT2D eigenvalue weighted by atomic mass is 9.86. The van der Waals surface area contributed by atoms with Crippen molar-refractivity contribution in [3.8, 4) is 11.5 Å². The Morgan fingerprint density at radius 1 is 0.885 bits per heavy atom. The second-order valence-electron chi connectivity index (χ2n) is 13.0. The van der Waals surface area contributed by atoms with E-state index in [0.29, 0.717) is 10.9 Å². The van der Waals surface area contributed by atoms with Crippen LogP contribution in [0.25, 0.3) is 43.5 Å². The first-order chi connectivity index (χ1) is 24.3. The zero-order valence-electron chi connectivity index (χ0n) is 28.2. The van der Waals surface area contributed by atoms with Crippen LogP contribution < -0.4 is 21.7 Å². The molecule has 0 radical (unpaired) electrons. The Hall–Kier alpha value is -3.99. The monoisotopic (exact) mass is 751 g/mol. The fraction of sp³-hybridized carbons (Fsp3) is 0.455. The van der Waals surface area contributed by atoms with E-state index in [-0.39, 0.29) is 43.8 Å². The number of rotatable bonds is 5. The van der Waals surface area contributed by atoms with Crippen molar-refractivity contribution >= 4 is 53.9 Å². The molecule has 2 aliphatic heterocycles. The Morgan fingerprint density at radius 2 is 1.52 bits per heavy atom. The first-order valence-corrected chi connectivity index (χ1v) is 17.3. The zero-order valence-corrected chi connectivity index (χ0v) is 29.1. The van der Waals surface area contributed by atoms with Gasteiger partial charge in [0.15, 0.2) is 18.0 Å². The van der Waals surface area contributed by atoms with Crippen LogP contribution in [0, 0.1) is 6.92 Å². The Labute approximate surface area is 293 Å². The summed E-state index contributed by atoms with van der Waals surface area (Å²) in [4.78, 5) is 26.6. The second-order valence-corrected chi connectivity index (χ2v) is 13.9. The van der Waals surface area contributed by atoms with Gasteiger partial charge in [-0.2, -0.15) is 8.42 Å². The normalized spacial score (nSPS) is 31.2. The summed E-state index contributed by atoms with van der Waals surface area (Å²) in [6, 6.07) is 6.77. The van der Waals surface area contributed by atoms with Crippen LogP contribution in [0.5, 0.6) is 11.5 Å². The second kappa shape index (κ2) is 13.5. The molecule has 18 nitrogen and oxygen atoms in total. The van der Waals surface area contributed by atoms with Gasteiger partial charge in [-0.25, -0.2) is 9.59 Å². The number of aryl methyl sites for hydroxylation is 1. The number of aliphatic hydroxyl groups is 3. The molecule has 52 heavy (non-hydrogen) atoms. The number of benzene rings is 3. The Morgan fingerprint density at radius 3 is 2.17 bits per heavy atom. The highest BCUT2D eigenvalue weighted by molar-refractivity contribution is 7.79. The molecule has 0 unspecified atom stereocenters. The van der Waals surface area contributed by atoms with Crippen molar-refractivity contribution in [2.75, 3.05) is 7.11 Å². The van der Waals surface area contributed by atoms with Gasteiger partial charge in [-0.05, 0) is 45.4 Å². The summed E-state index contributed by atoms with van der Waals surface area (Å²) in [6.07, 6.45) is -9.22. The van der Waals surface area contributed by atoms with Crippen LogP contribution in [0.1, 0.15) is 26.3 Å². The summed E-state index contributed by atoms with van der Waals surface area (Å²) in [5.41, 5.74) is 3.52. The van der Waals surface area contributed by atoms with E-state index in [1.165, 1.54) is 33.1 Å². The van der Waals surface area contributed by atoms with Gasteiger partial charge in [-0.15, -0.1) is 0 Å². The van der Waals surface area contributed by atoms with Crippen LogP contribution in [-0.2, 0) is 29.3 Å². The Bertz CT molecular complexity index is 2360. The highest BCUT2D eigenvalue weighted by Gasteiger charge is 2.56. The van der Waals surface area contributed by atoms with Crippen LogP contribution in [0.4, 0.5) is 0 Å². The van der Waals surface area contributed by atoms with Crippen molar-refractivity contribution in [3.63, 3.8) is 0 Å². The first kappa shape index (κ1) is 37.8. The highest BCUT2D eigenvalue weighted by Crippen LogP contribution is 2.46. The van der Waals surface area contributed by atoms with E-state index < -0.39 is 88.2 Å². The van der Waals surface area contributed by atoms with Crippen molar-refractivity contribution < 1.29 is 70.5 Å². The fourth-order valence-corrected chi connectivity index (χ4v) is 6.96. The summed E-state index contributed by atoms with van der Waals surface area (Å²) in [6.45, 7) is 6.21. The molecular weight excluding hydrogens is 714 g/mol. The standard InChI is InChI=1S/C33H35NO13.H2O4S/c1-11-9-10-16-19-17(11)29(38)46-25-18-14(24(36)21(20(19)25)30(39)44-16)7-6-8-15(18)45-32-28(33(4,40)27(37)13(3)43-32)47-31-22(34)26(41-5)23(35)12(2)42-31;1-5(2,3)4/h6-10,12-13,22-23,26-28,31-32,35-37,40H,34H2,1-5H3;(H2,1,2,3,4)/t12-,13-,22-,23+,26-,27+,28+,31-,32+,33+;/m1./s1. The maximum absolute atomic E-state index is 13.4. The molecule has 2 fully saturated rings. The molecule has 0 saturated carbocycles. The summed E-state index contributed by atoms with van der Waals surface area (Å²) >= 11 is 0. The summed E-state index contributed by atoms with van der Waals surface area (Å²) < 4.78 is 72.8.